The fourth-order valence-electron chi connectivity index (χ4n) is 4.55. The molecule has 3 rings (SSSR count). The molecule has 1 aliphatic heterocycles. The van der Waals surface area contributed by atoms with Gasteiger partial charge in [0.2, 0.25) is 0 Å². The van der Waals surface area contributed by atoms with Gasteiger partial charge >= 0.3 is 0 Å². The molecule has 1 heteroatoms. The molecule has 0 spiro atoms. The van der Waals surface area contributed by atoms with Crippen LogP contribution in [0.3, 0.4) is 0 Å². The van der Waals surface area contributed by atoms with Gasteiger partial charge in [-0.3, -0.25) is 0 Å². The highest BCUT2D eigenvalue weighted by Gasteiger charge is 2.38. The first kappa shape index (κ1) is 18.6. The van der Waals surface area contributed by atoms with Crippen LogP contribution in [0.2, 0.25) is 0 Å². The fourth-order valence-corrected chi connectivity index (χ4v) is 6.05. The molecule has 2 aromatic rings. The van der Waals surface area contributed by atoms with Crippen LogP contribution in [0.4, 0.5) is 0 Å². The Kier molecular flexibility index (Phi) is 4.60. The average molecular weight is 353 g/mol. The number of hydrogen-bond donors (Lipinski definition) is 0. The van der Waals surface area contributed by atoms with Crippen molar-refractivity contribution in [2.45, 2.75) is 77.9 Å². The number of benzene rings is 2. The molecule has 0 bridgehead atoms. The number of fused-ring (bicyclic) bond motifs is 2. The molecule has 0 saturated heterocycles. The summed E-state index contributed by atoms with van der Waals surface area (Å²) in [5.41, 5.74) is 12.0. The molecule has 1 heterocycles. The van der Waals surface area contributed by atoms with Gasteiger partial charge in [-0.25, -0.2) is 0 Å². The van der Waals surface area contributed by atoms with Gasteiger partial charge in [-0.2, -0.15) is 0 Å². The predicted molar refractivity (Wildman–Crippen MR) is 112 cm³/mol. The van der Waals surface area contributed by atoms with Crippen molar-refractivity contribution in [1.82, 2.24) is 0 Å². The van der Waals surface area contributed by atoms with E-state index in [0.717, 1.165) is 0 Å². The summed E-state index contributed by atoms with van der Waals surface area (Å²) in [6.07, 6.45) is 0. The first-order valence-corrected chi connectivity index (χ1v) is 10.3. The summed E-state index contributed by atoms with van der Waals surface area (Å²) in [6.45, 7) is 21.1. The molecular formula is C24H32S. The molecule has 1 atom stereocenters. The third-order valence-corrected chi connectivity index (χ3v) is 7.76. The Balaban J connectivity index is 2.50. The maximum atomic E-state index is 2.40. The molecule has 0 aliphatic carbocycles. The van der Waals surface area contributed by atoms with Crippen LogP contribution in [-0.4, -0.2) is 0 Å². The van der Waals surface area contributed by atoms with Gasteiger partial charge in [-0.15, -0.1) is 11.8 Å². The maximum absolute atomic E-state index is 2.40. The molecule has 1 aliphatic rings. The predicted octanol–water partition coefficient (Wildman–Crippen LogP) is 7.36. The average Bonchev–Trinajstić information content (AvgIpc) is 2.64. The van der Waals surface area contributed by atoms with E-state index < -0.39 is 0 Å². The van der Waals surface area contributed by atoms with Gasteiger partial charge in [0.25, 0.3) is 0 Å². The summed E-state index contributed by atoms with van der Waals surface area (Å²) < 4.78 is 0.0820. The second-order valence-electron chi connectivity index (χ2n) is 8.61. The smallest absolute Gasteiger partial charge is 0.0402 e. The quantitative estimate of drug-likeness (QED) is 0.516. The molecule has 0 fully saturated rings. The minimum Gasteiger partial charge on any atom is -0.114 e. The second-order valence-corrected chi connectivity index (χ2v) is 10.2. The third kappa shape index (κ3) is 2.76. The van der Waals surface area contributed by atoms with Gasteiger partial charge in [0, 0.05) is 15.6 Å². The van der Waals surface area contributed by atoms with Gasteiger partial charge in [0.1, 0.15) is 0 Å². The Morgan fingerprint density at radius 2 is 1.44 bits per heavy atom. The minimum absolute atomic E-state index is 0.0820. The van der Waals surface area contributed by atoms with Crippen LogP contribution in [0.25, 0.3) is 0 Å². The van der Waals surface area contributed by atoms with Crippen molar-refractivity contribution in [3.05, 3.63) is 62.7 Å². The molecule has 0 N–H and O–H groups in total. The second kappa shape index (κ2) is 6.20. The van der Waals surface area contributed by atoms with Crippen LogP contribution in [-0.2, 0) is 4.75 Å². The van der Waals surface area contributed by atoms with Gasteiger partial charge < -0.3 is 0 Å². The van der Waals surface area contributed by atoms with Crippen molar-refractivity contribution in [1.29, 1.82) is 0 Å². The van der Waals surface area contributed by atoms with E-state index in [1.165, 1.54) is 38.3 Å². The Bertz CT molecular complexity index is 840. The van der Waals surface area contributed by atoms with Crippen LogP contribution in [0, 0.1) is 40.5 Å². The van der Waals surface area contributed by atoms with Crippen molar-refractivity contribution in [2.75, 3.05) is 0 Å². The molecule has 0 saturated carbocycles. The summed E-state index contributed by atoms with van der Waals surface area (Å²) in [7, 11) is 0. The molecule has 1 unspecified atom stereocenters. The molecule has 2 aromatic carbocycles. The lowest BCUT2D eigenvalue weighted by Crippen LogP contribution is -2.17. The first-order valence-electron chi connectivity index (χ1n) is 9.47. The van der Waals surface area contributed by atoms with Gasteiger partial charge in [-0.05, 0) is 98.9 Å². The SMILES string of the molecule is Cc1cccc2c1C(C(C)C)c1c(C)c(C)c(C)c(C)c1SC2(C)C. The summed E-state index contributed by atoms with van der Waals surface area (Å²) in [5, 5.41) is 0. The molecular weight excluding hydrogens is 320 g/mol. The van der Waals surface area contributed by atoms with E-state index in [1.807, 2.05) is 0 Å². The van der Waals surface area contributed by atoms with Crippen LogP contribution in [0.1, 0.15) is 78.1 Å². The van der Waals surface area contributed by atoms with E-state index in [9.17, 15) is 0 Å². The largest absolute Gasteiger partial charge is 0.114 e. The summed E-state index contributed by atoms with van der Waals surface area (Å²) >= 11 is 2.07. The molecule has 25 heavy (non-hydrogen) atoms. The first-order chi connectivity index (χ1) is 11.6. The van der Waals surface area contributed by atoms with Crippen molar-refractivity contribution in [2.24, 2.45) is 5.92 Å². The zero-order valence-electron chi connectivity index (χ0n) is 17.3. The van der Waals surface area contributed by atoms with E-state index in [2.05, 4.69) is 92.3 Å². The highest BCUT2D eigenvalue weighted by Crippen LogP contribution is 2.55. The lowest BCUT2D eigenvalue weighted by atomic mass is 9.74. The Morgan fingerprint density at radius 1 is 0.840 bits per heavy atom. The Morgan fingerprint density at radius 3 is 2.04 bits per heavy atom. The lowest BCUT2D eigenvalue weighted by Gasteiger charge is -2.29. The van der Waals surface area contributed by atoms with Crippen molar-refractivity contribution in [3.63, 3.8) is 0 Å². The van der Waals surface area contributed by atoms with Crippen molar-refractivity contribution in [3.8, 4) is 0 Å². The number of hydrogen-bond acceptors (Lipinski definition) is 1. The topological polar surface area (TPSA) is 0 Å². The number of aryl methyl sites for hydroxylation is 1. The number of rotatable bonds is 1. The van der Waals surface area contributed by atoms with Crippen LogP contribution < -0.4 is 0 Å². The monoisotopic (exact) mass is 352 g/mol. The minimum atomic E-state index is 0.0820. The highest BCUT2D eigenvalue weighted by atomic mass is 32.2. The molecule has 0 radical (unpaired) electrons. The molecule has 0 nitrogen and oxygen atoms in total. The van der Waals surface area contributed by atoms with E-state index in [-0.39, 0.29) is 4.75 Å². The summed E-state index contributed by atoms with van der Waals surface area (Å²) in [5.74, 6) is 1.05. The molecule has 0 aromatic heterocycles. The Labute approximate surface area is 158 Å². The van der Waals surface area contributed by atoms with Crippen LogP contribution >= 0.6 is 11.8 Å². The standard InChI is InChI=1S/C24H32S/c1-13(2)20-21-14(3)11-10-12-19(21)24(8,9)25-23-18(7)16(5)15(4)17(6)22(20)23/h10-13,20H,1-9H3. The van der Waals surface area contributed by atoms with E-state index in [0.29, 0.717) is 11.8 Å². The molecule has 134 valence electrons. The normalized spacial score (nSPS) is 18.7. The zero-order chi connectivity index (χ0) is 18.7. The molecule has 0 amide bonds. The Hall–Kier alpha value is -1.21. The number of thioether (sulfide) groups is 1. The van der Waals surface area contributed by atoms with Crippen LogP contribution in [0.15, 0.2) is 23.1 Å². The van der Waals surface area contributed by atoms with E-state index in [1.54, 1.807) is 11.1 Å². The van der Waals surface area contributed by atoms with Gasteiger partial charge in [0.05, 0.1) is 0 Å². The van der Waals surface area contributed by atoms with Crippen LogP contribution in [0.5, 0.6) is 0 Å². The van der Waals surface area contributed by atoms with Gasteiger partial charge in [0.15, 0.2) is 0 Å². The summed E-state index contributed by atoms with van der Waals surface area (Å²) in [6, 6.07) is 6.89. The van der Waals surface area contributed by atoms with Crippen molar-refractivity contribution >= 4 is 11.8 Å². The third-order valence-electron chi connectivity index (χ3n) is 6.30. The lowest BCUT2D eigenvalue weighted by molar-refractivity contribution is 0.546. The zero-order valence-corrected chi connectivity index (χ0v) is 18.1. The van der Waals surface area contributed by atoms with Crippen molar-refractivity contribution < 1.29 is 0 Å². The summed E-state index contributed by atoms with van der Waals surface area (Å²) in [4.78, 5) is 1.53. The van der Waals surface area contributed by atoms with E-state index >= 15 is 0 Å². The fraction of sp³-hybridized carbons (Fsp3) is 0.500. The highest BCUT2D eigenvalue weighted by molar-refractivity contribution is 8.00. The van der Waals surface area contributed by atoms with Gasteiger partial charge in [-0.1, -0.05) is 32.0 Å². The van der Waals surface area contributed by atoms with E-state index in [4.69, 9.17) is 0 Å². The maximum Gasteiger partial charge on any atom is 0.0402 e.